The second kappa shape index (κ2) is 6.82. The Bertz CT molecular complexity index is 677. The lowest BCUT2D eigenvalue weighted by atomic mass is 10.0. The third-order valence-corrected chi connectivity index (χ3v) is 4.45. The molecule has 0 radical (unpaired) electrons. The van der Waals surface area contributed by atoms with Crippen LogP contribution < -0.4 is 9.80 Å². The summed E-state index contributed by atoms with van der Waals surface area (Å²) in [5, 5.41) is 0. The van der Waals surface area contributed by atoms with Crippen molar-refractivity contribution >= 4 is 17.3 Å². The molecule has 1 aliphatic heterocycles. The van der Waals surface area contributed by atoms with Gasteiger partial charge in [-0.25, -0.2) is 4.98 Å². The average molecular weight is 309 g/mol. The summed E-state index contributed by atoms with van der Waals surface area (Å²) < 4.78 is 0. The molecule has 3 rings (SSSR count). The van der Waals surface area contributed by atoms with Crippen LogP contribution in [0.3, 0.4) is 0 Å². The van der Waals surface area contributed by atoms with Crippen molar-refractivity contribution in [1.82, 2.24) is 4.98 Å². The van der Waals surface area contributed by atoms with Crippen LogP contribution in [0.4, 0.5) is 11.4 Å². The van der Waals surface area contributed by atoms with Crippen LogP contribution in [0.25, 0.3) is 0 Å². The van der Waals surface area contributed by atoms with Crippen molar-refractivity contribution in [3.63, 3.8) is 0 Å². The van der Waals surface area contributed by atoms with E-state index in [9.17, 15) is 4.79 Å². The van der Waals surface area contributed by atoms with Crippen LogP contribution in [0.2, 0.25) is 0 Å². The lowest BCUT2D eigenvalue weighted by Gasteiger charge is -2.29. The Morgan fingerprint density at radius 2 is 1.96 bits per heavy atom. The normalized spacial score (nSPS) is 13.6. The van der Waals surface area contributed by atoms with Crippen molar-refractivity contribution in [1.29, 1.82) is 0 Å². The van der Waals surface area contributed by atoms with Gasteiger partial charge in [0, 0.05) is 25.3 Å². The third-order valence-electron chi connectivity index (χ3n) is 4.45. The molecular weight excluding hydrogens is 286 g/mol. The number of aromatic nitrogens is 1. The highest BCUT2D eigenvalue weighted by Crippen LogP contribution is 2.28. The molecule has 0 spiro atoms. The van der Waals surface area contributed by atoms with E-state index in [1.807, 2.05) is 35.2 Å². The summed E-state index contributed by atoms with van der Waals surface area (Å²) in [6.45, 7) is 6.87. The molecule has 1 aromatic carbocycles. The molecule has 2 aromatic rings. The largest absolute Gasteiger partial charge is 0.371 e. The third kappa shape index (κ3) is 3.07. The minimum atomic E-state index is -0.0109. The van der Waals surface area contributed by atoms with Gasteiger partial charge in [-0.3, -0.25) is 4.79 Å². The quantitative estimate of drug-likeness (QED) is 0.867. The van der Waals surface area contributed by atoms with E-state index < -0.39 is 0 Å². The van der Waals surface area contributed by atoms with Gasteiger partial charge in [-0.2, -0.15) is 0 Å². The van der Waals surface area contributed by atoms with Crippen LogP contribution in [0, 0.1) is 0 Å². The predicted molar refractivity (Wildman–Crippen MR) is 94.2 cm³/mol. The minimum absolute atomic E-state index is 0.0109. The van der Waals surface area contributed by atoms with Gasteiger partial charge in [0.25, 0.3) is 5.91 Å². The van der Waals surface area contributed by atoms with Crippen molar-refractivity contribution in [2.45, 2.75) is 26.7 Å². The number of carbonyl (C=O) groups excluding carboxylic acids is 1. The van der Waals surface area contributed by atoms with E-state index >= 15 is 0 Å². The first-order valence-electron chi connectivity index (χ1n) is 8.35. The van der Waals surface area contributed by atoms with Gasteiger partial charge in [-0.1, -0.05) is 18.2 Å². The fraction of sp³-hybridized carbons (Fsp3) is 0.368. The zero-order valence-electron chi connectivity index (χ0n) is 13.8. The van der Waals surface area contributed by atoms with Gasteiger partial charge in [0.05, 0.1) is 11.9 Å². The number of rotatable bonds is 4. The van der Waals surface area contributed by atoms with Crippen molar-refractivity contribution in [2.75, 3.05) is 29.4 Å². The number of carbonyl (C=O) groups is 1. The standard InChI is InChI=1S/C19H23N3O/c1-3-21(4-2)16-11-12-17(20-14-16)19(23)22-13-7-9-15-8-5-6-10-18(15)22/h5-6,8,10-12,14H,3-4,7,9,13H2,1-2H3. The molecule has 2 heterocycles. The summed E-state index contributed by atoms with van der Waals surface area (Å²) in [5.74, 6) is -0.0109. The Morgan fingerprint density at radius 1 is 1.17 bits per heavy atom. The number of anilines is 2. The number of nitrogens with zero attached hydrogens (tertiary/aromatic N) is 3. The molecule has 0 saturated heterocycles. The number of fused-ring (bicyclic) bond motifs is 1. The molecule has 0 fully saturated rings. The molecule has 0 saturated carbocycles. The van der Waals surface area contributed by atoms with E-state index in [-0.39, 0.29) is 5.91 Å². The summed E-state index contributed by atoms with van der Waals surface area (Å²) >= 11 is 0. The Kier molecular flexibility index (Phi) is 4.60. The molecule has 1 aromatic heterocycles. The molecule has 0 aliphatic carbocycles. The molecule has 4 nitrogen and oxygen atoms in total. The molecule has 23 heavy (non-hydrogen) atoms. The van der Waals surface area contributed by atoms with E-state index in [1.165, 1.54) is 5.56 Å². The van der Waals surface area contributed by atoms with Crippen LogP contribution in [0.5, 0.6) is 0 Å². The fourth-order valence-corrected chi connectivity index (χ4v) is 3.17. The maximum absolute atomic E-state index is 12.8. The van der Waals surface area contributed by atoms with E-state index in [2.05, 4.69) is 29.8 Å². The molecule has 4 heteroatoms. The Labute approximate surface area is 137 Å². The second-order valence-electron chi connectivity index (χ2n) is 5.76. The number of para-hydroxylation sites is 1. The highest BCUT2D eigenvalue weighted by Gasteiger charge is 2.24. The van der Waals surface area contributed by atoms with Gasteiger partial charge in [0.2, 0.25) is 0 Å². The second-order valence-corrected chi connectivity index (χ2v) is 5.76. The first-order valence-corrected chi connectivity index (χ1v) is 8.35. The van der Waals surface area contributed by atoms with Gasteiger partial charge in [0.1, 0.15) is 5.69 Å². The first-order chi connectivity index (χ1) is 11.2. The summed E-state index contributed by atoms with van der Waals surface area (Å²) in [4.78, 5) is 21.3. The molecule has 0 N–H and O–H groups in total. The van der Waals surface area contributed by atoms with Crippen LogP contribution >= 0.6 is 0 Å². The van der Waals surface area contributed by atoms with Crippen LogP contribution in [0.1, 0.15) is 36.3 Å². The van der Waals surface area contributed by atoms with Crippen LogP contribution in [-0.4, -0.2) is 30.5 Å². The monoisotopic (exact) mass is 309 g/mol. The summed E-state index contributed by atoms with van der Waals surface area (Å²) in [7, 11) is 0. The van der Waals surface area contributed by atoms with E-state index in [0.29, 0.717) is 5.69 Å². The van der Waals surface area contributed by atoms with Crippen molar-refractivity contribution in [3.8, 4) is 0 Å². The SMILES string of the molecule is CCN(CC)c1ccc(C(=O)N2CCCc3ccccc32)nc1. The smallest absolute Gasteiger partial charge is 0.276 e. The van der Waals surface area contributed by atoms with Crippen molar-refractivity contribution in [2.24, 2.45) is 0 Å². The van der Waals surface area contributed by atoms with Gasteiger partial charge in [-0.05, 0) is 50.5 Å². The number of amides is 1. The molecule has 120 valence electrons. The molecule has 0 unspecified atom stereocenters. The Morgan fingerprint density at radius 3 is 2.65 bits per heavy atom. The van der Waals surface area contributed by atoms with Gasteiger partial charge < -0.3 is 9.80 Å². The highest BCUT2D eigenvalue weighted by molar-refractivity contribution is 6.05. The Hall–Kier alpha value is -2.36. The zero-order chi connectivity index (χ0) is 16.2. The minimum Gasteiger partial charge on any atom is -0.371 e. The number of pyridine rings is 1. The fourth-order valence-electron chi connectivity index (χ4n) is 3.17. The Balaban J connectivity index is 1.84. The summed E-state index contributed by atoms with van der Waals surface area (Å²) in [6.07, 6.45) is 3.84. The summed E-state index contributed by atoms with van der Waals surface area (Å²) in [6, 6.07) is 12.0. The highest BCUT2D eigenvalue weighted by atomic mass is 16.2. The van der Waals surface area contributed by atoms with E-state index in [4.69, 9.17) is 0 Å². The first kappa shape index (κ1) is 15.5. The lowest BCUT2D eigenvalue weighted by Crippen LogP contribution is -2.36. The van der Waals surface area contributed by atoms with Crippen molar-refractivity contribution < 1.29 is 4.79 Å². The lowest BCUT2D eigenvalue weighted by molar-refractivity contribution is 0.0980. The van der Waals surface area contributed by atoms with Crippen molar-refractivity contribution in [3.05, 3.63) is 53.9 Å². The average Bonchev–Trinajstić information content (AvgIpc) is 2.62. The van der Waals surface area contributed by atoms with Crippen LogP contribution in [0.15, 0.2) is 42.6 Å². The number of hydrogen-bond acceptors (Lipinski definition) is 3. The van der Waals surface area contributed by atoms with Crippen LogP contribution in [-0.2, 0) is 6.42 Å². The number of hydrogen-bond donors (Lipinski definition) is 0. The maximum Gasteiger partial charge on any atom is 0.276 e. The van der Waals surface area contributed by atoms with Gasteiger partial charge in [-0.15, -0.1) is 0 Å². The topological polar surface area (TPSA) is 36.4 Å². The number of aryl methyl sites for hydroxylation is 1. The summed E-state index contributed by atoms with van der Waals surface area (Å²) in [5.41, 5.74) is 3.84. The van der Waals surface area contributed by atoms with E-state index in [0.717, 1.165) is 43.9 Å². The zero-order valence-corrected chi connectivity index (χ0v) is 13.8. The molecule has 0 bridgehead atoms. The molecule has 1 aliphatic rings. The van der Waals surface area contributed by atoms with Gasteiger partial charge in [0.15, 0.2) is 0 Å². The molecular formula is C19H23N3O. The maximum atomic E-state index is 12.8. The predicted octanol–water partition coefficient (Wildman–Crippen LogP) is 3.52. The van der Waals surface area contributed by atoms with E-state index in [1.54, 1.807) is 6.20 Å². The van der Waals surface area contributed by atoms with Gasteiger partial charge >= 0.3 is 0 Å². The molecule has 1 amide bonds. The number of benzene rings is 1. The molecule has 0 atom stereocenters.